The maximum absolute atomic E-state index is 12.0. The van der Waals surface area contributed by atoms with Gasteiger partial charge >= 0.3 is 5.97 Å². The topological polar surface area (TPSA) is 71.1 Å². The molecule has 6 nitrogen and oxygen atoms in total. The fourth-order valence-corrected chi connectivity index (χ4v) is 1.72. The molecule has 0 fully saturated rings. The van der Waals surface area contributed by atoms with Crippen LogP contribution in [0.25, 0.3) is 0 Å². The zero-order valence-electron chi connectivity index (χ0n) is 10.7. The maximum atomic E-state index is 12.0. The van der Waals surface area contributed by atoms with Crippen LogP contribution in [-0.2, 0) is 9.53 Å². The second-order valence-corrected chi connectivity index (χ2v) is 3.75. The molecule has 0 amide bonds. The molecule has 0 aromatic heterocycles. The molecule has 0 saturated heterocycles. The first-order valence-corrected chi connectivity index (χ1v) is 5.86. The summed E-state index contributed by atoms with van der Waals surface area (Å²) in [4.78, 5) is 23.5. The zero-order valence-corrected chi connectivity index (χ0v) is 10.7. The summed E-state index contributed by atoms with van der Waals surface area (Å²) < 4.78 is 20.5. The van der Waals surface area contributed by atoms with E-state index in [2.05, 4.69) is 0 Å². The van der Waals surface area contributed by atoms with Crippen LogP contribution >= 0.6 is 0 Å². The maximum Gasteiger partial charge on any atom is 0.379 e. The average Bonchev–Trinajstić information content (AvgIpc) is 2.45. The van der Waals surface area contributed by atoms with E-state index in [1.54, 1.807) is 13.0 Å². The third-order valence-electron chi connectivity index (χ3n) is 2.56. The predicted molar refractivity (Wildman–Crippen MR) is 64.9 cm³/mol. The SMILES string of the molecule is CCOC(=O)C(=O)c1cc(OC)cc2c1OCCO2. The van der Waals surface area contributed by atoms with Gasteiger partial charge in [-0.1, -0.05) is 0 Å². The van der Waals surface area contributed by atoms with E-state index >= 15 is 0 Å². The molecule has 1 aliphatic rings. The summed E-state index contributed by atoms with van der Waals surface area (Å²) >= 11 is 0. The minimum Gasteiger partial charge on any atom is -0.497 e. The van der Waals surface area contributed by atoms with E-state index in [1.165, 1.54) is 13.2 Å². The molecule has 1 heterocycles. The first kappa shape index (κ1) is 13.2. The van der Waals surface area contributed by atoms with E-state index in [9.17, 15) is 9.59 Å². The van der Waals surface area contributed by atoms with Gasteiger partial charge in [0.25, 0.3) is 5.78 Å². The molecule has 0 bridgehead atoms. The molecule has 0 N–H and O–H groups in total. The Morgan fingerprint density at radius 2 is 2.00 bits per heavy atom. The number of Topliss-reactive ketones (excluding diaryl/α,β-unsaturated/α-hetero) is 1. The van der Waals surface area contributed by atoms with Crippen LogP contribution in [0.15, 0.2) is 12.1 Å². The molecule has 0 unspecified atom stereocenters. The molecule has 0 aliphatic carbocycles. The van der Waals surface area contributed by atoms with Crippen LogP contribution in [-0.4, -0.2) is 38.7 Å². The van der Waals surface area contributed by atoms with Crippen LogP contribution < -0.4 is 14.2 Å². The van der Waals surface area contributed by atoms with E-state index in [0.717, 1.165) is 0 Å². The van der Waals surface area contributed by atoms with Gasteiger partial charge < -0.3 is 18.9 Å². The molecule has 6 heteroatoms. The number of methoxy groups -OCH3 is 1. The van der Waals surface area contributed by atoms with Crippen LogP contribution in [0.4, 0.5) is 0 Å². The Bertz CT molecular complexity index is 508. The van der Waals surface area contributed by atoms with Crippen molar-refractivity contribution in [1.82, 2.24) is 0 Å². The summed E-state index contributed by atoms with van der Waals surface area (Å²) in [5, 5.41) is 0. The number of ketones is 1. The molecule has 2 rings (SSSR count). The van der Waals surface area contributed by atoms with Crippen LogP contribution in [0.2, 0.25) is 0 Å². The Balaban J connectivity index is 2.43. The van der Waals surface area contributed by atoms with Crippen molar-refractivity contribution in [1.29, 1.82) is 0 Å². The number of carbonyl (C=O) groups excluding carboxylic acids is 2. The number of carbonyl (C=O) groups is 2. The van der Waals surface area contributed by atoms with Crippen molar-refractivity contribution in [2.45, 2.75) is 6.92 Å². The highest BCUT2D eigenvalue weighted by Gasteiger charge is 2.27. The number of esters is 1. The van der Waals surface area contributed by atoms with E-state index < -0.39 is 11.8 Å². The largest absolute Gasteiger partial charge is 0.497 e. The van der Waals surface area contributed by atoms with Gasteiger partial charge in [-0.3, -0.25) is 4.79 Å². The number of hydrogen-bond donors (Lipinski definition) is 0. The fourth-order valence-electron chi connectivity index (χ4n) is 1.72. The van der Waals surface area contributed by atoms with Crippen molar-refractivity contribution in [3.8, 4) is 17.2 Å². The van der Waals surface area contributed by atoms with Crippen LogP contribution in [0.1, 0.15) is 17.3 Å². The van der Waals surface area contributed by atoms with Crippen LogP contribution in [0.3, 0.4) is 0 Å². The summed E-state index contributed by atoms with van der Waals surface area (Å²) in [6.07, 6.45) is 0. The Morgan fingerprint density at radius 1 is 1.26 bits per heavy atom. The number of benzene rings is 1. The monoisotopic (exact) mass is 266 g/mol. The highest BCUT2D eigenvalue weighted by atomic mass is 16.6. The molecule has 0 saturated carbocycles. The van der Waals surface area contributed by atoms with Crippen molar-refractivity contribution in [3.63, 3.8) is 0 Å². The lowest BCUT2D eigenvalue weighted by Gasteiger charge is -2.21. The van der Waals surface area contributed by atoms with E-state index in [1.807, 2.05) is 0 Å². The summed E-state index contributed by atoms with van der Waals surface area (Å²) in [5.41, 5.74) is 0.0903. The Labute approximate surface area is 110 Å². The third kappa shape index (κ3) is 2.62. The molecule has 0 atom stereocenters. The normalized spacial score (nSPS) is 12.7. The molecule has 1 aliphatic heterocycles. The van der Waals surface area contributed by atoms with Crippen molar-refractivity contribution in [2.24, 2.45) is 0 Å². The summed E-state index contributed by atoms with van der Waals surface area (Å²) in [7, 11) is 1.46. The van der Waals surface area contributed by atoms with Crippen molar-refractivity contribution >= 4 is 11.8 Å². The number of hydrogen-bond acceptors (Lipinski definition) is 6. The lowest BCUT2D eigenvalue weighted by molar-refractivity contribution is -0.137. The average molecular weight is 266 g/mol. The highest BCUT2D eigenvalue weighted by Crippen LogP contribution is 2.38. The van der Waals surface area contributed by atoms with Crippen LogP contribution in [0, 0.1) is 0 Å². The van der Waals surface area contributed by atoms with Gasteiger partial charge in [0.2, 0.25) is 0 Å². The fraction of sp³-hybridized carbons (Fsp3) is 0.385. The van der Waals surface area contributed by atoms with Crippen molar-refractivity contribution < 1.29 is 28.5 Å². The standard InChI is InChI=1S/C13H14O6/c1-3-17-13(15)11(14)9-6-8(16-2)7-10-12(9)19-5-4-18-10/h6-7H,3-5H2,1-2H3. The van der Waals surface area contributed by atoms with Gasteiger partial charge in [-0.15, -0.1) is 0 Å². The molecule has 19 heavy (non-hydrogen) atoms. The van der Waals surface area contributed by atoms with E-state index in [-0.39, 0.29) is 17.9 Å². The lowest BCUT2D eigenvalue weighted by atomic mass is 10.1. The first-order chi connectivity index (χ1) is 9.17. The second kappa shape index (κ2) is 5.60. The number of rotatable bonds is 4. The van der Waals surface area contributed by atoms with E-state index in [4.69, 9.17) is 18.9 Å². The van der Waals surface area contributed by atoms with Gasteiger partial charge in [0.15, 0.2) is 11.5 Å². The van der Waals surface area contributed by atoms with Gasteiger partial charge in [0, 0.05) is 6.07 Å². The predicted octanol–water partition coefficient (Wildman–Crippen LogP) is 1.21. The minimum atomic E-state index is -0.924. The van der Waals surface area contributed by atoms with Gasteiger partial charge in [-0.05, 0) is 13.0 Å². The lowest BCUT2D eigenvalue weighted by Crippen LogP contribution is -2.22. The first-order valence-electron chi connectivity index (χ1n) is 5.86. The Hall–Kier alpha value is -2.24. The minimum absolute atomic E-state index is 0.0903. The quantitative estimate of drug-likeness (QED) is 0.463. The van der Waals surface area contributed by atoms with Crippen LogP contribution in [0.5, 0.6) is 17.2 Å². The van der Waals surface area contributed by atoms with Gasteiger partial charge in [0.1, 0.15) is 19.0 Å². The Kier molecular flexibility index (Phi) is 3.89. The molecular formula is C13H14O6. The molecule has 0 spiro atoms. The third-order valence-corrected chi connectivity index (χ3v) is 2.56. The van der Waals surface area contributed by atoms with Gasteiger partial charge in [0.05, 0.1) is 19.3 Å². The Morgan fingerprint density at radius 3 is 2.68 bits per heavy atom. The van der Waals surface area contributed by atoms with Gasteiger partial charge in [-0.2, -0.15) is 0 Å². The molecule has 1 aromatic carbocycles. The van der Waals surface area contributed by atoms with E-state index in [0.29, 0.717) is 24.7 Å². The number of fused-ring (bicyclic) bond motifs is 1. The van der Waals surface area contributed by atoms with Crippen molar-refractivity contribution in [3.05, 3.63) is 17.7 Å². The summed E-state index contributed by atoms with van der Waals surface area (Å²) in [6.45, 7) is 2.47. The number of ether oxygens (including phenoxy) is 4. The van der Waals surface area contributed by atoms with Gasteiger partial charge in [-0.25, -0.2) is 4.79 Å². The molecular weight excluding hydrogens is 252 g/mol. The summed E-state index contributed by atoms with van der Waals surface area (Å²) in [6, 6.07) is 3.04. The summed E-state index contributed by atoms with van der Waals surface area (Å²) in [5.74, 6) is -0.644. The zero-order chi connectivity index (χ0) is 13.8. The highest BCUT2D eigenvalue weighted by molar-refractivity contribution is 6.41. The molecule has 1 aromatic rings. The smallest absolute Gasteiger partial charge is 0.379 e. The molecule has 0 radical (unpaired) electrons. The van der Waals surface area contributed by atoms with Crippen molar-refractivity contribution in [2.75, 3.05) is 26.9 Å². The second-order valence-electron chi connectivity index (χ2n) is 3.75. The molecule has 102 valence electrons.